The van der Waals surface area contributed by atoms with Crippen molar-refractivity contribution in [1.29, 1.82) is 5.26 Å². The van der Waals surface area contributed by atoms with Crippen LogP contribution in [0.4, 0.5) is 0 Å². The van der Waals surface area contributed by atoms with Gasteiger partial charge in [0.05, 0.1) is 18.4 Å². The molecule has 0 spiro atoms. The van der Waals surface area contributed by atoms with E-state index in [-0.39, 0.29) is 11.7 Å². The minimum absolute atomic E-state index is 0.0623. The number of rotatable bonds is 6. The van der Waals surface area contributed by atoms with Crippen molar-refractivity contribution in [2.75, 3.05) is 26.5 Å². The molecule has 0 aliphatic carbocycles. The van der Waals surface area contributed by atoms with E-state index >= 15 is 0 Å². The number of likely N-dealkylation sites (N-methyl/N-ethyl adjacent to an activating group) is 1. The molecule has 6 nitrogen and oxygen atoms in total. The molecule has 0 saturated heterocycles. The molecule has 0 radical (unpaired) electrons. The van der Waals surface area contributed by atoms with Crippen LogP contribution < -0.4 is 9.47 Å². The lowest BCUT2D eigenvalue weighted by Crippen LogP contribution is -2.28. The fourth-order valence-electron chi connectivity index (χ4n) is 3.75. The van der Waals surface area contributed by atoms with Crippen molar-refractivity contribution >= 4 is 17.7 Å². The van der Waals surface area contributed by atoms with Crippen LogP contribution in [0.1, 0.15) is 16.8 Å². The Kier molecular flexibility index (Phi) is 6.74. The zero-order chi connectivity index (χ0) is 22.5. The summed E-state index contributed by atoms with van der Waals surface area (Å²) >= 11 is 1.24. The van der Waals surface area contributed by atoms with Crippen LogP contribution in [-0.4, -0.2) is 42.3 Å². The summed E-state index contributed by atoms with van der Waals surface area (Å²) in [5.41, 5.74) is 4.27. The van der Waals surface area contributed by atoms with E-state index in [9.17, 15) is 10.1 Å². The molecule has 4 rings (SSSR count). The highest BCUT2D eigenvalue weighted by Crippen LogP contribution is 2.38. The molecule has 1 aliphatic rings. The van der Waals surface area contributed by atoms with E-state index in [1.54, 1.807) is 19.2 Å². The predicted octanol–water partition coefficient (Wildman–Crippen LogP) is 4.31. The van der Waals surface area contributed by atoms with Crippen molar-refractivity contribution in [3.05, 3.63) is 71.4 Å². The lowest BCUT2D eigenvalue weighted by molar-refractivity contribution is -0.131. The first kappa shape index (κ1) is 21.9. The second-order valence-corrected chi connectivity index (χ2v) is 8.46. The number of nitrogens with zero attached hydrogens (tertiary/aromatic N) is 3. The van der Waals surface area contributed by atoms with Gasteiger partial charge >= 0.3 is 5.97 Å². The molecule has 32 heavy (non-hydrogen) atoms. The Morgan fingerprint density at radius 1 is 1.19 bits per heavy atom. The molecule has 7 heteroatoms. The first-order valence-corrected chi connectivity index (χ1v) is 11.2. The van der Waals surface area contributed by atoms with Crippen molar-refractivity contribution < 1.29 is 14.3 Å². The molecule has 3 aromatic rings. The third-order valence-corrected chi connectivity index (χ3v) is 6.23. The van der Waals surface area contributed by atoms with Crippen LogP contribution in [0, 0.1) is 11.3 Å². The normalized spacial score (nSPS) is 13.2. The molecule has 0 bridgehead atoms. The topological polar surface area (TPSA) is 75.4 Å². The van der Waals surface area contributed by atoms with Gasteiger partial charge < -0.3 is 14.4 Å². The van der Waals surface area contributed by atoms with E-state index in [4.69, 9.17) is 14.5 Å². The standard InChI is InChI=1S/C25H23N3O3S/c1-28-12-11-22-21(15-28)24(17-7-6-10-19(13-17)30-2)20(14-26)25(27-22)32-16-23(29)31-18-8-4-3-5-9-18/h3-10,13H,11-12,15-16H2,1-2H3. The predicted molar refractivity (Wildman–Crippen MR) is 124 cm³/mol. The molecule has 0 fully saturated rings. The fraction of sp³-hybridized carbons (Fsp3) is 0.240. The average molecular weight is 446 g/mol. The highest BCUT2D eigenvalue weighted by Gasteiger charge is 2.25. The van der Waals surface area contributed by atoms with E-state index in [1.165, 1.54) is 11.8 Å². The van der Waals surface area contributed by atoms with Gasteiger partial charge in [-0.3, -0.25) is 4.79 Å². The number of benzene rings is 2. The summed E-state index contributed by atoms with van der Waals surface area (Å²) in [5, 5.41) is 10.6. The van der Waals surface area contributed by atoms with Crippen LogP contribution in [0.3, 0.4) is 0 Å². The van der Waals surface area contributed by atoms with Crippen LogP contribution in [-0.2, 0) is 17.8 Å². The van der Waals surface area contributed by atoms with Gasteiger partial charge in [0.2, 0.25) is 0 Å². The third kappa shape index (κ3) is 4.77. The summed E-state index contributed by atoms with van der Waals surface area (Å²) < 4.78 is 10.8. The number of pyridine rings is 1. The summed E-state index contributed by atoms with van der Waals surface area (Å²) in [5.74, 6) is 0.901. The molecule has 1 aliphatic heterocycles. The maximum Gasteiger partial charge on any atom is 0.321 e. The summed E-state index contributed by atoms with van der Waals surface area (Å²) in [7, 11) is 3.69. The van der Waals surface area contributed by atoms with Crippen molar-refractivity contribution in [1.82, 2.24) is 9.88 Å². The highest BCUT2D eigenvalue weighted by atomic mass is 32.2. The van der Waals surface area contributed by atoms with E-state index in [1.807, 2.05) is 42.5 Å². The van der Waals surface area contributed by atoms with Crippen LogP contribution in [0.15, 0.2) is 59.6 Å². The Bertz CT molecular complexity index is 1180. The smallest absolute Gasteiger partial charge is 0.321 e. The number of hydrogen-bond donors (Lipinski definition) is 0. The molecule has 2 heterocycles. The zero-order valence-electron chi connectivity index (χ0n) is 18.0. The van der Waals surface area contributed by atoms with Gasteiger partial charge in [0.1, 0.15) is 22.6 Å². The van der Waals surface area contributed by atoms with E-state index < -0.39 is 0 Å². The average Bonchev–Trinajstić information content (AvgIpc) is 2.82. The van der Waals surface area contributed by atoms with Gasteiger partial charge in [0.25, 0.3) is 0 Å². The number of fused-ring (bicyclic) bond motifs is 1. The molecule has 1 aromatic heterocycles. The number of ether oxygens (including phenoxy) is 2. The Hall–Kier alpha value is -3.34. The molecule has 0 amide bonds. The molecule has 2 aromatic carbocycles. The first-order valence-electron chi connectivity index (χ1n) is 10.3. The number of para-hydroxylation sites is 1. The highest BCUT2D eigenvalue weighted by molar-refractivity contribution is 7.99. The van der Waals surface area contributed by atoms with Gasteiger partial charge in [-0.05, 0) is 42.4 Å². The molecule has 0 saturated carbocycles. The maximum absolute atomic E-state index is 12.4. The van der Waals surface area contributed by atoms with Gasteiger partial charge in [-0.1, -0.05) is 42.1 Å². The SMILES string of the molecule is COc1cccc(-c2c(C#N)c(SCC(=O)Oc3ccccc3)nc3c2CN(C)CC3)c1. The monoisotopic (exact) mass is 445 g/mol. The minimum atomic E-state index is -0.382. The van der Waals surface area contributed by atoms with Crippen molar-refractivity contribution in [3.63, 3.8) is 0 Å². The van der Waals surface area contributed by atoms with Crippen LogP contribution in [0.5, 0.6) is 11.5 Å². The number of nitriles is 1. The Morgan fingerprint density at radius 2 is 1.97 bits per heavy atom. The lowest BCUT2D eigenvalue weighted by atomic mass is 9.91. The van der Waals surface area contributed by atoms with Gasteiger partial charge in [-0.2, -0.15) is 5.26 Å². The number of esters is 1. The van der Waals surface area contributed by atoms with Gasteiger partial charge in [-0.25, -0.2) is 4.98 Å². The molecule has 0 atom stereocenters. The van der Waals surface area contributed by atoms with Crippen LogP contribution in [0.25, 0.3) is 11.1 Å². The first-order chi connectivity index (χ1) is 15.6. The molecule has 0 N–H and O–H groups in total. The lowest BCUT2D eigenvalue weighted by Gasteiger charge is -2.28. The van der Waals surface area contributed by atoms with E-state index in [0.29, 0.717) is 22.9 Å². The number of thioether (sulfide) groups is 1. The van der Waals surface area contributed by atoms with Crippen molar-refractivity contribution in [3.8, 4) is 28.7 Å². The van der Waals surface area contributed by atoms with Crippen LogP contribution >= 0.6 is 11.8 Å². The summed E-state index contributed by atoms with van der Waals surface area (Å²) in [4.78, 5) is 19.4. The van der Waals surface area contributed by atoms with Crippen molar-refractivity contribution in [2.45, 2.75) is 18.0 Å². The van der Waals surface area contributed by atoms with Gasteiger partial charge in [-0.15, -0.1) is 0 Å². The van der Waals surface area contributed by atoms with Gasteiger partial charge in [0, 0.05) is 30.8 Å². The van der Waals surface area contributed by atoms with Crippen molar-refractivity contribution in [2.24, 2.45) is 0 Å². The number of carbonyl (C=O) groups is 1. The summed E-state index contributed by atoms with van der Waals surface area (Å²) in [6, 6.07) is 19.0. The maximum atomic E-state index is 12.4. The number of methoxy groups -OCH3 is 1. The number of aromatic nitrogens is 1. The molecule has 0 unspecified atom stereocenters. The quantitative estimate of drug-likeness (QED) is 0.318. The van der Waals surface area contributed by atoms with E-state index in [2.05, 4.69) is 18.0 Å². The third-order valence-electron chi connectivity index (χ3n) is 5.28. The van der Waals surface area contributed by atoms with E-state index in [0.717, 1.165) is 41.1 Å². The van der Waals surface area contributed by atoms with Crippen LogP contribution in [0.2, 0.25) is 0 Å². The fourth-order valence-corrected chi connectivity index (χ4v) is 4.53. The molecule has 162 valence electrons. The second-order valence-electron chi connectivity index (χ2n) is 7.50. The van der Waals surface area contributed by atoms with Gasteiger partial charge in [0.15, 0.2) is 0 Å². The molecular formula is C25H23N3O3S. The number of carbonyl (C=O) groups excluding carboxylic acids is 1. The zero-order valence-corrected chi connectivity index (χ0v) is 18.8. The summed E-state index contributed by atoms with van der Waals surface area (Å²) in [6.07, 6.45) is 0.788. The Morgan fingerprint density at radius 3 is 2.72 bits per heavy atom. The Balaban J connectivity index is 1.70. The summed E-state index contributed by atoms with van der Waals surface area (Å²) in [6.45, 7) is 1.61. The molecular weight excluding hydrogens is 422 g/mol. The minimum Gasteiger partial charge on any atom is -0.497 e. The second kappa shape index (κ2) is 9.86. The number of hydrogen-bond acceptors (Lipinski definition) is 7. The largest absolute Gasteiger partial charge is 0.497 e. The Labute approximate surface area is 191 Å².